The minimum atomic E-state index is 0.0129. The Labute approximate surface area is 169 Å². The number of aromatic nitrogens is 2. The lowest BCUT2D eigenvalue weighted by Gasteiger charge is -2.27. The molecule has 0 saturated heterocycles. The van der Waals surface area contributed by atoms with Crippen molar-refractivity contribution in [2.45, 2.75) is 19.9 Å². The van der Waals surface area contributed by atoms with E-state index in [9.17, 15) is 0 Å². The summed E-state index contributed by atoms with van der Waals surface area (Å²) in [5, 5.41) is 4.28. The van der Waals surface area contributed by atoms with Crippen molar-refractivity contribution < 1.29 is 0 Å². The molecule has 0 saturated carbocycles. The highest BCUT2D eigenvalue weighted by Gasteiger charge is 2.25. The van der Waals surface area contributed by atoms with Gasteiger partial charge in [-0.3, -0.25) is 4.57 Å². The topological polar surface area (TPSA) is 29.9 Å². The van der Waals surface area contributed by atoms with Gasteiger partial charge in [0.25, 0.3) is 0 Å². The predicted octanol–water partition coefficient (Wildman–Crippen LogP) is 6.36. The van der Waals surface area contributed by atoms with E-state index in [1.807, 2.05) is 30.3 Å². The van der Waals surface area contributed by atoms with Crippen LogP contribution in [0.15, 0.2) is 72.8 Å². The summed E-state index contributed by atoms with van der Waals surface area (Å²) in [5.41, 5.74) is 8.01. The van der Waals surface area contributed by atoms with Crippen LogP contribution in [0, 0.1) is 13.8 Å². The van der Waals surface area contributed by atoms with Crippen molar-refractivity contribution in [2.75, 3.05) is 5.32 Å². The van der Waals surface area contributed by atoms with Gasteiger partial charge < -0.3 is 5.32 Å². The van der Waals surface area contributed by atoms with Crippen molar-refractivity contribution >= 4 is 34.3 Å². The molecule has 0 fully saturated rings. The Morgan fingerprint density at radius 1 is 0.929 bits per heavy atom. The lowest BCUT2D eigenvalue weighted by atomic mass is 9.99. The molecule has 0 unspecified atom stereocenters. The number of para-hydroxylation sites is 2. The van der Waals surface area contributed by atoms with E-state index < -0.39 is 0 Å². The normalized spacial score (nSPS) is 15.8. The summed E-state index contributed by atoms with van der Waals surface area (Å²) in [6.07, 6.45) is 2.26. The van der Waals surface area contributed by atoms with Crippen molar-refractivity contribution in [3.8, 4) is 0 Å². The number of hydrogen-bond donors (Lipinski definition) is 1. The van der Waals surface area contributed by atoms with Gasteiger partial charge in [-0.05, 0) is 72.5 Å². The van der Waals surface area contributed by atoms with E-state index in [-0.39, 0.29) is 6.04 Å². The van der Waals surface area contributed by atoms with E-state index in [0.29, 0.717) is 0 Å². The van der Waals surface area contributed by atoms with Crippen LogP contribution in [0.5, 0.6) is 0 Å². The Hall–Kier alpha value is -3.04. The summed E-state index contributed by atoms with van der Waals surface area (Å²) in [6.45, 7) is 4.28. The first kappa shape index (κ1) is 17.1. The fourth-order valence-electron chi connectivity index (χ4n) is 3.82. The average Bonchev–Trinajstić information content (AvgIpc) is 3.08. The Bertz CT molecular complexity index is 1240. The molecule has 1 aromatic heterocycles. The monoisotopic (exact) mass is 385 g/mol. The number of nitrogens with one attached hydrogen (secondary N) is 1. The second-order valence-corrected chi connectivity index (χ2v) is 7.73. The fraction of sp³-hybridized carbons (Fsp3) is 0.125. The van der Waals surface area contributed by atoms with Crippen molar-refractivity contribution in [3.05, 3.63) is 100 Å². The highest BCUT2D eigenvalue weighted by molar-refractivity contribution is 6.30. The number of allylic oxidation sites excluding steroid dienone is 1. The molecule has 0 aliphatic carbocycles. The molecule has 0 spiro atoms. The number of benzene rings is 3. The van der Waals surface area contributed by atoms with Crippen LogP contribution in [0.2, 0.25) is 5.02 Å². The molecule has 1 aliphatic rings. The molecule has 0 bridgehead atoms. The van der Waals surface area contributed by atoms with Gasteiger partial charge in [0.05, 0.1) is 17.1 Å². The lowest BCUT2D eigenvalue weighted by Crippen LogP contribution is -2.19. The third-order valence-electron chi connectivity index (χ3n) is 5.45. The number of anilines is 1. The quantitative estimate of drug-likeness (QED) is 0.435. The summed E-state index contributed by atoms with van der Waals surface area (Å²) in [7, 11) is 0. The van der Waals surface area contributed by atoms with Crippen LogP contribution in [0.1, 0.15) is 28.3 Å². The van der Waals surface area contributed by atoms with Gasteiger partial charge in [-0.2, -0.15) is 0 Å². The van der Waals surface area contributed by atoms with Gasteiger partial charge >= 0.3 is 0 Å². The highest BCUT2D eigenvalue weighted by Crippen LogP contribution is 2.37. The zero-order valence-electron chi connectivity index (χ0n) is 15.8. The molecule has 3 aromatic carbocycles. The first-order valence-corrected chi connectivity index (χ1v) is 9.77. The molecule has 28 heavy (non-hydrogen) atoms. The van der Waals surface area contributed by atoms with Crippen molar-refractivity contribution in [3.63, 3.8) is 0 Å². The number of nitrogens with zero attached hydrogens (tertiary/aromatic N) is 2. The van der Waals surface area contributed by atoms with Crippen molar-refractivity contribution in [1.82, 2.24) is 9.55 Å². The second-order valence-electron chi connectivity index (χ2n) is 7.30. The van der Waals surface area contributed by atoms with Crippen LogP contribution in [-0.2, 0) is 0 Å². The van der Waals surface area contributed by atoms with Gasteiger partial charge in [0.2, 0.25) is 5.95 Å². The smallest absolute Gasteiger partial charge is 0.209 e. The summed E-state index contributed by atoms with van der Waals surface area (Å²) in [4.78, 5) is 4.85. The Morgan fingerprint density at radius 2 is 1.79 bits per heavy atom. The number of rotatable bonds is 2. The molecule has 5 rings (SSSR count). The molecule has 4 aromatic rings. The number of hydrogen-bond acceptors (Lipinski definition) is 2. The number of fused-ring (bicyclic) bond motifs is 3. The van der Waals surface area contributed by atoms with Crippen LogP contribution in [0.3, 0.4) is 0 Å². The Balaban J connectivity index is 1.72. The molecule has 1 N–H and O–H groups in total. The summed E-state index contributed by atoms with van der Waals surface area (Å²) < 4.78 is 2.24. The van der Waals surface area contributed by atoms with Crippen LogP contribution >= 0.6 is 11.6 Å². The van der Waals surface area contributed by atoms with Crippen LogP contribution < -0.4 is 5.32 Å². The maximum Gasteiger partial charge on any atom is 0.209 e. The van der Waals surface area contributed by atoms with Crippen molar-refractivity contribution in [1.29, 1.82) is 0 Å². The first-order chi connectivity index (χ1) is 13.6. The first-order valence-electron chi connectivity index (χ1n) is 9.39. The molecule has 4 heteroatoms. The molecule has 138 valence electrons. The third kappa shape index (κ3) is 2.79. The maximum atomic E-state index is 6.31. The van der Waals surface area contributed by atoms with E-state index in [4.69, 9.17) is 16.6 Å². The maximum absolute atomic E-state index is 6.31. The number of aryl methyl sites for hydroxylation is 2. The second kappa shape index (κ2) is 6.54. The predicted molar refractivity (Wildman–Crippen MR) is 117 cm³/mol. The van der Waals surface area contributed by atoms with E-state index in [0.717, 1.165) is 38.8 Å². The van der Waals surface area contributed by atoms with Crippen molar-refractivity contribution in [2.24, 2.45) is 0 Å². The standard InChI is InChI=1S/C24H20ClN3/c1-15-10-11-17(12-16(15)2)21-14-23(18-6-5-7-19(25)13-18)28-22-9-4-3-8-20(22)26-24(28)27-21/h3-14,23H,1-2H3,(H,26,27)/t23-/m1/s1. The molecular weight excluding hydrogens is 366 g/mol. The number of imidazole rings is 1. The van der Waals surface area contributed by atoms with Gasteiger partial charge in [0.1, 0.15) is 0 Å². The summed E-state index contributed by atoms with van der Waals surface area (Å²) in [5.74, 6) is 0.849. The number of halogens is 1. The van der Waals surface area contributed by atoms with Crippen LogP contribution in [-0.4, -0.2) is 9.55 Å². The Morgan fingerprint density at radius 3 is 2.61 bits per heavy atom. The van der Waals surface area contributed by atoms with Gasteiger partial charge in [-0.1, -0.05) is 48.0 Å². The molecule has 1 aliphatic heterocycles. The van der Waals surface area contributed by atoms with E-state index in [1.165, 1.54) is 11.1 Å². The summed E-state index contributed by atoms with van der Waals surface area (Å²) >= 11 is 6.31. The van der Waals surface area contributed by atoms with E-state index in [1.54, 1.807) is 0 Å². The van der Waals surface area contributed by atoms with Crippen LogP contribution in [0.25, 0.3) is 16.7 Å². The highest BCUT2D eigenvalue weighted by atomic mass is 35.5. The minimum Gasteiger partial charge on any atom is -0.325 e. The molecule has 0 amide bonds. The Kier molecular flexibility index (Phi) is 3.99. The molecule has 0 radical (unpaired) electrons. The van der Waals surface area contributed by atoms with Gasteiger partial charge in [0, 0.05) is 10.7 Å². The lowest BCUT2D eigenvalue weighted by molar-refractivity contribution is 0.720. The van der Waals surface area contributed by atoms with Gasteiger partial charge in [-0.25, -0.2) is 4.98 Å². The largest absolute Gasteiger partial charge is 0.325 e. The molecule has 1 atom stereocenters. The molecule has 3 nitrogen and oxygen atoms in total. The van der Waals surface area contributed by atoms with E-state index in [2.05, 4.69) is 66.2 Å². The van der Waals surface area contributed by atoms with Crippen LogP contribution in [0.4, 0.5) is 5.95 Å². The SMILES string of the molecule is Cc1ccc(C2=C[C@H](c3cccc(Cl)c3)n3c(nc4ccccc43)N2)cc1C. The average molecular weight is 386 g/mol. The van der Waals surface area contributed by atoms with E-state index >= 15 is 0 Å². The molecular formula is C24H20ClN3. The van der Waals surface area contributed by atoms with Gasteiger partial charge in [-0.15, -0.1) is 0 Å². The third-order valence-corrected chi connectivity index (χ3v) is 5.69. The zero-order valence-corrected chi connectivity index (χ0v) is 16.5. The molecule has 2 heterocycles. The zero-order chi connectivity index (χ0) is 19.3. The van der Waals surface area contributed by atoms with Gasteiger partial charge in [0.15, 0.2) is 0 Å². The minimum absolute atomic E-state index is 0.0129. The fourth-order valence-corrected chi connectivity index (χ4v) is 4.02. The summed E-state index contributed by atoms with van der Waals surface area (Å²) in [6, 6.07) is 22.9.